The molecule has 4 heteroatoms. The molecule has 1 aromatic carbocycles. The number of anilines is 1. The summed E-state index contributed by atoms with van der Waals surface area (Å²) in [4.78, 5) is 0. The quantitative estimate of drug-likeness (QED) is 0.884. The predicted molar refractivity (Wildman–Crippen MR) is 63.6 cm³/mol. The van der Waals surface area contributed by atoms with Gasteiger partial charge in [-0.1, -0.05) is 15.9 Å². The number of benzene rings is 1. The summed E-state index contributed by atoms with van der Waals surface area (Å²) in [5.74, 6) is 0.424. The Labute approximate surface area is 97.4 Å². The SMILES string of the molecule is Fc1ccc(Br)cc1NCC1CCNC1. The second-order valence-electron chi connectivity index (χ2n) is 3.86. The fourth-order valence-corrected chi connectivity index (χ4v) is 2.14. The van der Waals surface area contributed by atoms with Crippen LogP contribution in [0.1, 0.15) is 6.42 Å². The van der Waals surface area contributed by atoms with E-state index >= 15 is 0 Å². The zero-order valence-corrected chi connectivity index (χ0v) is 9.98. The average Bonchev–Trinajstić information content (AvgIpc) is 2.72. The summed E-state index contributed by atoms with van der Waals surface area (Å²) in [5.41, 5.74) is 0.580. The standard InChI is InChI=1S/C11H14BrFN2/c12-9-1-2-10(13)11(5-9)15-7-8-3-4-14-6-8/h1-2,5,8,14-15H,3-4,6-7H2. The zero-order valence-electron chi connectivity index (χ0n) is 8.39. The highest BCUT2D eigenvalue weighted by Crippen LogP contribution is 2.20. The minimum Gasteiger partial charge on any atom is -0.382 e. The van der Waals surface area contributed by atoms with Crippen molar-refractivity contribution in [3.63, 3.8) is 0 Å². The van der Waals surface area contributed by atoms with E-state index in [9.17, 15) is 4.39 Å². The van der Waals surface area contributed by atoms with Crippen molar-refractivity contribution in [2.24, 2.45) is 5.92 Å². The minimum atomic E-state index is -0.191. The molecule has 1 atom stereocenters. The lowest BCUT2D eigenvalue weighted by molar-refractivity contribution is 0.601. The molecule has 82 valence electrons. The number of hydrogen-bond acceptors (Lipinski definition) is 2. The topological polar surface area (TPSA) is 24.1 Å². The summed E-state index contributed by atoms with van der Waals surface area (Å²) < 4.78 is 14.2. The second-order valence-corrected chi connectivity index (χ2v) is 4.78. The maximum atomic E-state index is 13.3. The monoisotopic (exact) mass is 272 g/mol. The van der Waals surface area contributed by atoms with Crippen molar-refractivity contribution < 1.29 is 4.39 Å². The van der Waals surface area contributed by atoms with E-state index in [1.165, 1.54) is 12.5 Å². The van der Waals surface area contributed by atoms with Gasteiger partial charge in [0.2, 0.25) is 0 Å². The number of hydrogen-bond donors (Lipinski definition) is 2. The lowest BCUT2D eigenvalue weighted by Crippen LogP contribution is -2.17. The number of nitrogens with one attached hydrogen (secondary N) is 2. The predicted octanol–water partition coefficient (Wildman–Crippen LogP) is 2.61. The molecule has 1 aliphatic heterocycles. The smallest absolute Gasteiger partial charge is 0.146 e. The molecule has 0 bridgehead atoms. The molecular formula is C11H14BrFN2. The van der Waals surface area contributed by atoms with Crippen LogP contribution in [0.15, 0.2) is 22.7 Å². The lowest BCUT2D eigenvalue weighted by atomic mass is 10.1. The molecule has 0 aliphatic carbocycles. The van der Waals surface area contributed by atoms with E-state index in [1.54, 1.807) is 12.1 Å². The van der Waals surface area contributed by atoms with E-state index in [0.29, 0.717) is 11.6 Å². The molecule has 0 aromatic heterocycles. The summed E-state index contributed by atoms with van der Waals surface area (Å²) in [7, 11) is 0. The van der Waals surface area contributed by atoms with Crippen LogP contribution in [0.2, 0.25) is 0 Å². The summed E-state index contributed by atoms with van der Waals surface area (Å²) in [6, 6.07) is 4.95. The molecule has 1 fully saturated rings. The molecule has 1 aromatic rings. The summed E-state index contributed by atoms with van der Waals surface area (Å²) in [5, 5.41) is 6.44. The van der Waals surface area contributed by atoms with Crippen LogP contribution in [-0.2, 0) is 0 Å². The third-order valence-corrected chi connectivity index (χ3v) is 3.17. The van der Waals surface area contributed by atoms with Crippen molar-refractivity contribution in [2.45, 2.75) is 6.42 Å². The van der Waals surface area contributed by atoms with Crippen molar-refractivity contribution >= 4 is 21.6 Å². The van der Waals surface area contributed by atoms with Crippen molar-refractivity contribution in [2.75, 3.05) is 25.0 Å². The molecule has 0 saturated carbocycles. The fourth-order valence-electron chi connectivity index (χ4n) is 1.78. The van der Waals surface area contributed by atoms with E-state index in [4.69, 9.17) is 0 Å². The van der Waals surface area contributed by atoms with E-state index < -0.39 is 0 Å². The third kappa shape index (κ3) is 2.92. The fraction of sp³-hybridized carbons (Fsp3) is 0.455. The summed E-state index contributed by atoms with van der Waals surface area (Å²) >= 11 is 3.33. The van der Waals surface area contributed by atoms with Gasteiger partial charge in [0.1, 0.15) is 5.82 Å². The van der Waals surface area contributed by atoms with Gasteiger partial charge in [-0.15, -0.1) is 0 Å². The first kappa shape index (κ1) is 10.9. The molecule has 15 heavy (non-hydrogen) atoms. The second kappa shape index (κ2) is 4.94. The Bertz CT molecular complexity index is 337. The molecule has 2 rings (SSSR count). The first-order chi connectivity index (χ1) is 7.25. The van der Waals surface area contributed by atoms with Gasteiger partial charge in [0, 0.05) is 11.0 Å². The molecule has 1 saturated heterocycles. The van der Waals surface area contributed by atoms with Crippen LogP contribution in [0, 0.1) is 11.7 Å². The van der Waals surface area contributed by atoms with Gasteiger partial charge in [-0.05, 0) is 43.6 Å². The first-order valence-corrected chi connectivity index (χ1v) is 5.94. The van der Waals surface area contributed by atoms with E-state index in [2.05, 4.69) is 26.6 Å². The Morgan fingerprint density at radius 3 is 3.13 bits per heavy atom. The molecule has 0 amide bonds. The largest absolute Gasteiger partial charge is 0.382 e. The number of rotatable bonds is 3. The van der Waals surface area contributed by atoms with Crippen LogP contribution in [0.4, 0.5) is 10.1 Å². The third-order valence-electron chi connectivity index (χ3n) is 2.67. The highest BCUT2D eigenvalue weighted by molar-refractivity contribution is 9.10. The lowest BCUT2D eigenvalue weighted by Gasteiger charge is -2.12. The Morgan fingerprint density at radius 2 is 2.40 bits per heavy atom. The van der Waals surface area contributed by atoms with E-state index in [-0.39, 0.29) is 5.82 Å². The summed E-state index contributed by atoms with van der Waals surface area (Å²) in [6.45, 7) is 2.94. The van der Waals surface area contributed by atoms with E-state index in [0.717, 1.165) is 24.1 Å². The Hall–Kier alpha value is -0.610. The highest BCUT2D eigenvalue weighted by Gasteiger charge is 2.14. The molecule has 1 unspecified atom stereocenters. The van der Waals surface area contributed by atoms with Gasteiger partial charge in [-0.2, -0.15) is 0 Å². The average molecular weight is 273 g/mol. The van der Waals surface area contributed by atoms with Crippen LogP contribution in [0.25, 0.3) is 0 Å². The maximum Gasteiger partial charge on any atom is 0.146 e. The molecule has 2 nitrogen and oxygen atoms in total. The van der Waals surface area contributed by atoms with Gasteiger partial charge in [0.05, 0.1) is 5.69 Å². The zero-order chi connectivity index (χ0) is 10.7. The maximum absolute atomic E-state index is 13.3. The highest BCUT2D eigenvalue weighted by atomic mass is 79.9. The van der Waals surface area contributed by atoms with Crippen LogP contribution in [-0.4, -0.2) is 19.6 Å². The van der Waals surface area contributed by atoms with Crippen LogP contribution in [0.5, 0.6) is 0 Å². The van der Waals surface area contributed by atoms with Gasteiger partial charge >= 0.3 is 0 Å². The van der Waals surface area contributed by atoms with Crippen molar-refractivity contribution in [1.82, 2.24) is 5.32 Å². The molecular weight excluding hydrogens is 259 g/mol. The van der Waals surface area contributed by atoms with Gasteiger partial charge in [0.25, 0.3) is 0 Å². The Balaban J connectivity index is 1.94. The van der Waals surface area contributed by atoms with Crippen molar-refractivity contribution in [3.05, 3.63) is 28.5 Å². The Morgan fingerprint density at radius 1 is 1.53 bits per heavy atom. The van der Waals surface area contributed by atoms with Gasteiger partial charge in [0.15, 0.2) is 0 Å². The summed E-state index contributed by atoms with van der Waals surface area (Å²) in [6.07, 6.45) is 1.17. The van der Waals surface area contributed by atoms with Crippen molar-refractivity contribution in [3.8, 4) is 0 Å². The van der Waals surface area contributed by atoms with Crippen LogP contribution >= 0.6 is 15.9 Å². The molecule has 0 radical (unpaired) electrons. The molecule has 1 aliphatic rings. The number of halogens is 2. The Kier molecular flexibility index (Phi) is 3.59. The van der Waals surface area contributed by atoms with Gasteiger partial charge in [-0.3, -0.25) is 0 Å². The minimum absolute atomic E-state index is 0.191. The normalized spacial score (nSPS) is 20.5. The van der Waals surface area contributed by atoms with Gasteiger partial charge < -0.3 is 10.6 Å². The van der Waals surface area contributed by atoms with Crippen molar-refractivity contribution in [1.29, 1.82) is 0 Å². The van der Waals surface area contributed by atoms with E-state index in [1.807, 2.05) is 0 Å². The van der Waals surface area contributed by atoms with Gasteiger partial charge in [-0.25, -0.2) is 4.39 Å². The van der Waals surface area contributed by atoms with Crippen LogP contribution < -0.4 is 10.6 Å². The molecule has 0 spiro atoms. The molecule has 2 N–H and O–H groups in total. The first-order valence-electron chi connectivity index (χ1n) is 5.15. The van der Waals surface area contributed by atoms with Crippen LogP contribution in [0.3, 0.4) is 0 Å². The molecule has 1 heterocycles.